The lowest BCUT2D eigenvalue weighted by Gasteiger charge is -2.24. The molecule has 0 saturated heterocycles. The number of benzene rings is 3. The van der Waals surface area contributed by atoms with Gasteiger partial charge in [0.15, 0.2) is 0 Å². The summed E-state index contributed by atoms with van der Waals surface area (Å²) in [6, 6.07) is 26.1. The molecule has 6 rings (SSSR count). The molecule has 0 amide bonds. The quantitative estimate of drug-likeness (QED) is 0.352. The van der Waals surface area contributed by atoms with Crippen molar-refractivity contribution in [2.45, 2.75) is 38.3 Å². The molecule has 0 saturated carbocycles. The molecule has 2 aliphatic rings. The molecule has 170 valence electrons. The lowest BCUT2D eigenvalue weighted by atomic mass is 10.0. The Morgan fingerprint density at radius 2 is 1.65 bits per heavy atom. The molecule has 1 atom stereocenters. The number of hydrazone groups is 1. The highest BCUT2D eigenvalue weighted by Gasteiger charge is 2.30. The highest BCUT2D eigenvalue weighted by Crippen LogP contribution is 2.30. The van der Waals surface area contributed by atoms with Crippen molar-refractivity contribution < 1.29 is 0 Å². The second-order valence-corrected chi connectivity index (χ2v) is 9.33. The molecule has 34 heavy (non-hydrogen) atoms. The van der Waals surface area contributed by atoms with Crippen LogP contribution >= 0.6 is 11.6 Å². The Kier molecular flexibility index (Phi) is 5.34. The maximum absolute atomic E-state index is 13.7. The summed E-state index contributed by atoms with van der Waals surface area (Å²) >= 11 is 6.11. The largest absolute Gasteiger partial charge is 0.333 e. The summed E-state index contributed by atoms with van der Waals surface area (Å²) in [5.74, 6) is 0. The zero-order chi connectivity index (χ0) is 23.1. The summed E-state index contributed by atoms with van der Waals surface area (Å²) < 4.78 is 3.83. The Hall–Kier alpha value is -3.57. The number of imidazole rings is 1. The normalized spacial score (nSPS) is 17.9. The molecule has 5 nitrogen and oxygen atoms in total. The minimum absolute atomic E-state index is 0.0163. The van der Waals surface area contributed by atoms with Crippen LogP contribution in [0.5, 0.6) is 0 Å². The predicted molar refractivity (Wildman–Crippen MR) is 140 cm³/mol. The lowest BCUT2D eigenvalue weighted by molar-refractivity contribution is 0.544. The van der Waals surface area contributed by atoms with Crippen LogP contribution in [0.15, 0.2) is 94.8 Å². The molecule has 0 spiro atoms. The molecule has 0 radical (unpaired) electrons. The van der Waals surface area contributed by atoms with Crippen LogP contribution in [0.4, 0.5) is 5.69 Å². The topological polar surface area (TPSA) is 42.5 Å². The number of fused-ring (bicyclic) bond motifs is 1. The van der Waals surface area contributed by atoms with E-state index in [1.54, 1.807) is 0 Å². The number of halogens is 1. The fraction of sp³-hybridized carbons (Fsp3) is 0.214. The van der Waals surface area contributed by atoms with Gasteiger partial charge in [-0.2, -0.15) is 5.10 Å². The van der Waals surface area contributed by atoms with Crippen molar-refractivity contribution in [1.29, 1.82) is 0 Å². The van der Waals surface area contributed by atoms with Gasteiger partial charge in [0.1, 0.15) is 0 Å². The Bertz CT molecular complexity index is 1460. The van der Waals surface area contributed by atoms with Gasteiger partial charge in [0.25, 0.3) is 0 Å². The van der Waals surface area contributed by atoms with Gasteiger partial charge in [0.05, 0.1) is 35.0 Å². The van der Waals surface area contributed by atoms with Gasteiger partial charge in [0, 0.05) is 17.1 Å². The van der Waals surface area contributed by atoms with E-state index in [0.717, 1.165) is 59.4 Å². The van der Waals surface area contributed by atoms with Crippen molar-refractivity contribution in [3.05, 3.63) is 106 Å². The summed E-state index contributed by atoms with van der Waals surface area (Å²) in [6.45, 7) is 0.551. The molecule has 1 unspecified atom stereocenters. The minimum Gasteiger partial charge on any atom is -0.289 e. The van der Waals surface area contributed by atoms with E-state index in [-0.39, 0.29) is 11.7 Å². The number of aromatic nitrogens is 2. The molecular formula is C28H25ClN4O. The Labute approximate surface area is 203 Å². The van der Waals surface area contributed by atoms with Gasteiger partial charge >= 0.3 is 5.69 Å². The number of allylic oxidation sites excluding steroid dienone is 2. The van der Waals surface area contributed by atoms with Crippen LogP contribution < -0.4 is 10.7 Å². The third-order valence-corrected chi connectivity index (χ3v) is 6.99. The SMILES string of the molecule is O=c1n(CC2CC(c3ccc(Cl)cc3)=NN2c2ccccc2)c2ccccc2n1C1=CCCC1. The first-order valence-corrected chi connectivity index (χ1v) is 12.1. The summed E-state index contributed by atoms with van der Waals surface area (Å²) in [5, 5.41) is 7.78. The van der Waals surface area contributed by atoms with Crippen molar-refractivity contribution in [3.63, 3.8) is 0 Å². The lowest BCUT2D eigenvalue weighted by Crippen LogP contribution is -2.35. The van der Waals surface area contributed by atoms with E-state index < -0.39 is 0 Å². The van der Waals surface area contributed by atoms with Crippen molar-refractivity contribution in [2.75, 3.05) is 5.01 Å². The molecule has 0 bridgehead atoms. The molecule has 1 aliphatic carbocycles. The van der Waals surface area contributed by atoms with Crippen LogP contribution in [0, 0.1) is 0 Å². The first-order chi connectivity index (χ1) is 16.7. The van der Waals surface area contributed by atoms with Gasteiger partial charge in [-0.1, -0.05) is 60.1 Å². The number of hydrogen-bond acceptors (Lipinski definition) is 3. The third-order valence-electron chi connectivity index (χ3n) is 6.73. The molecular weight excluding hydrogens is 444 g/mol. The van der Waals surface area contributed by atoms with Crippen LogP contribution in [0.1, 0.15) is 31.2 Å². The first-order valence-electron chi connectivity index (χ1n) is 11.8. The Morgan fingerprint density at radius 3 is 2.38 bits per heavy atom. The average Bonchev–Trinajstić information content (AvgIpc) is 3.60. The van der Waals surface area contributed by atoms with Gasteiger partial charge in [-0.3, -0.25) is 14.1 Å². The standard InChI is InChI=1S/C28H25ClN4O/c29-21-16-14-20(15-17-21)25-18-24(33(30-25)23-10-2-1-3-11-23)19-31-26-12-6-7-13-27(26)32(28(31)34)22-8-4-5-9-22/h1-3,6-8,10-17,24H,4-5,9,18-19H2. The van der Waals surface area contributed by atoms with Gasteiger partial charge < -0.3 is 0 Å². The summed E-state index contributed by atoms with van der Waals surface area (Å²) in [7, 11) is 0. The zero-order valence-corrected chi connectivity index (χ0v) is 19.5. The smallest absolute Gasteiger partial charge is 0.289 e. The molecule has 0 N–H and O–H groups in total. The number of hydrogen-bond donors (Lipinski definition) is 0. The second-order valence-electron chi connectivity index (χ2n) is 8.90. The maximum Gasteiger partial charge on any atom is 0.333 e. The van der Waals surface area contributed by atoms with E-state index >= 15 is 0 Å². The number of nitrogens with zero attached hydrogens (tertiary/aromatic N) is 4. The van der Waals surface area contributed by atoms with Gasteiger partial charge in [-0.15, -0.1) is 0 Å². The van der Waals surface area contributed by atoms with E-state index in [1.807, 2.05) is 75.9 Å². The van der Waals surface area contributed by atoms with Gasteiger partial charge in [-0.25, -0.2) is 4.79 Å². The van der Waals surface area contributed by atoms with Crippen LogP contribution in [0.3, 0.4) is 0 Å². The summed E-state index contributed by atoms with van der Waals surface area (Å²) in [5.41, 5.74) is 6.16. The van der Waals surface area contributed by atoms with E-state index in [0.29, 0.717) is 11.6 Å². The van der Waals surface area contributed by atoms with Crippen LogP contribution in [0.2, 0.25) is 5.02 Å². The molecule has 1 aliphatic heterocycles. The van der Waals surface area contributed by atoms with Crippen molar-refractivity contribution >= 4 is 39.7 Å². The summed E-state index contributed by atoms with van der Waals surface area (Å²) in [6.07, 6.45) is 6.02. The molecule has 1 aromatic heterocycles. The van der Waals surface area contributed by atoms with E-state index in [1.165, 1.54) is 0 Å². The number of anilines is 1. The summed E-state index contributed by atoms with van der Waals surface area (Å²) in [4.78, 5) is 13.7. The maximum atomic E-state index is 13.7. The number of para-hydroxylation sites is 3. The molecule has 3 aromatic carbocycles. The van der Waals surface area contributed by atoms with Crippen LogP contribution in [-0.4, -0.2) is 20.9 Å². The van der Waals surface area contributed by atoms with E-state index in [2.05, 4.69) is 23.2 Å². The fourth-order valence-corrected chi connectivity index (χ4v) is 5.23. The first kappa shape index (κ1) is 21.0. The Balaban J connectivity index is 1.42. The third kappa shape index (κ3) is 3.66. The van der Waals surface area contributed by atoms with Crippen molar-refractivity contribution in [2.24, 2.45) is 5.10 Å². The molecule has 4 aromatic rings. The Morgan fingerprint density at radius 1 is 0.912 bits per heavy atom. The van der Waals surface area contributed by atoms with Crippen LogP contribution in [0.25, 0.3) is 16.7 Å². The van der Waals surface area contributed by atoms with Crippen LogP contribution in [-0.2, 0) is 6.54 Å². The monoisotopic (exact) mass is 468 g/mol. The van der Waals surface area contributed by atoms with E-state index in [4.69, 9.17) is 16.7 Å². The van der Waals surface area contributed by atoms with Crippen molar-refractivity contribution in [1.82, 2.24) is 9.13 Å². The highest BCUT2D eigenvalue weighted by molar-refractivity contribution is 6.30. The second kappa shape index (κ2) is 8.65. The molecule has 2 heterocycles. The molecule has 6 heteroatoms. The van der Waals surface area contributed by atoms with Crippen molar-refractivity contribution in [3.8, 4) is 0 Å². The van der Waals surface area contributed by atoms with E-state index in [9.17, 15) is 4.79 Å². The van der Waals surface area contributed by atoms with Gasteiger partial charge in [-0.05, 0) is 61.2 Å². The average molecular weight is 469 g/mol. The van der Waals surface area contributed by atoms with Gasteiger partial charge in [0.2, 0.25) is 0 Å². The number of rotatable bonds is 5. The minimum atomic E-state index is 0.0163. The fourth-order valence-electron chi connectivity index (χ4n) is 5.10. The molecule has 0 fully saturated rings. The predicted octanol–water partition coefficient (Wildman–Crippen LogP) is 6.16. The highest BCUT2D eigenvalue weighted by atomic mass is 35.5. The zero-order valence-electron chi connectivity index (χ0n) is 18.8.